The molecule has 0 radical (unpaired) electrons. The molecule has 4 aromatic heterocycles. The monoisotopic (exact) mass is 785 g/mol. The Kier molecular flexibility index (Phi) is 7.14. The molecule has 0 atom stereocenters. The van der Waals surface area contributed by atoms with Gasteiger partial charge in [0.2, 0.25) is 0 Å². The van der Waals surface area contributed by atoms with Crippen molar-refractivity contribution in [2.24, 2.45) is 0 Å². The average Bonchev–Trinajstić information content (AvgIpc) is 3.97. The number of para-hydroxylation sites is 4. The molecule has 60 heavy (non-hydrogen) atoms. The molecule has 280 valence electrons. The molecule has 13 rings (SSSR count). The summed E-state index contributed by atoms with van der Waals surface area (Å²) in [6, 6.07) is 66.0. The van der Waals surface area contributed by atoms with Crippen LogP contribution in [0.1, 0.15) is 0 Å². The van der Waals surface area contributed by atoms with Crippen LogP contribution >= 0.6 is 11.8 Å². The normalized spacial score (nSPS) is 12.3. The lowest BCUT2D eigenvalue weighted by molar-refractivity contribution is 0.669. The van der Waals surface area contributed by atoms with Crippen LogP contribution in [0.5, 0.6) is 0 Å². The standard InChI is InChI=1S/C53H31N5OS/c1-3-12-32(13-4-1)33-22-24-34(25-23-33)50-54-51(56-52(55-50)36-26-28-39-38-16-7-9-19-44(38)59-45(39)31-36)35-27-29-40-43(30-35)57(37-14-5-2-6-15-37)53-48(40)41-17-11-21-47-49(41)58(53)42-18-8-10-20-46(42)60-47/h1-31H. The van der Waals surface area contributed by atoms with Crippen LogP contribution in [-0.4, -0.2) is 24.1 Å². The summed E-state index contributed by atoms with van der Waals surface area (Å²) in [7, 11) is 0. The molecule has 0 saturated carbocycles. The van der Waals surface area contributed by atoms with Crippen molar-refractivity contribution in [2.45, 2.75) is 9.79 Å². The summed E-state index contributed by atoms with van der Waals surface area (Å²) in [6.45, 7) is 0. The zero-order chi connectivity index (χ0) is 39.3. The molecule has 8 aromatic carbocycles. The lowest BCUT2D eigenvalue weighted by Crippen LogP contribution is -2.05. The Morgan fingerprint density at radius 1 is 0.400 bits per heavy atom. The molecular weight excluding hydrogens is 755 g/mol. The average molecular weight is 786 g/mol. The summed E-state index contributed by atoms with van der Waals surface area (Å²) in [4.78, 5) is 18.1. The summed E-state index contributed by atoms with van der Waals surface area (Å²) >= 11 is 1.84. The number of aromatic nitrogens is 5. The van der Waals surface area contributed by atoms with Crippen LogP contribution in [-0.2, 0) is 0 Å². The van der Waals surface area contributed by atoms with Gasteiger partial charge in [-0.05, 0) is 65.7 Å². The lowest BCUT2D eigenvalue weighted by Gasteiger charge is -2.21. The Labute approximate surface area is 348 Å². The van der Waals surface area contributed by atoms with E-state index in [1.54, 1.807) is 0 Å². The fourth-order valence-corrected chi connectivity index (χ4v) is 10.1. The Bertz CT molecular complexity index is 3680. The van der Waals surface area contributed by atoms with Crippen LogP contribution in [0.3, 0.4) is 0 Å². The molecule has 0 saturated heterocycles. The molecule has 5 heterocycles. The molecule has 0 amide bonds. The van der Waals surface area contributed by atoms with E-state index in [1.165, 1.54) is 37.2 Å². The zero-order valence-corrected chi connectivity index (χ0v) is 32.8. The third-order valence-corrected chi connectivity index (χ3v) is 12.9. The van der Waals surface area contributed by atoms with Gasteiger partial charge in [-0.2, -0.15) is 0 Å². The van der Waals surface area contributed by atoms with E-state index in [4.69, 9.17) is 19.4 Å². The Balaban J connectivity index is 1.05. The van der Waals surface area contributed by atoms with Gasteiger partial charge in [-0.25, -0.2) is 15.0 Å². The van der Waals surface area contributed by atoms with Gasteiger partial charge in [0.15, 0.2) is 17.5 Å². The second kappa shape index (κ2) is 12.9. The fourth-order valence-electron chi connectivity index (χ4n) is 9.02. The molecule has 0 spiro atoms. The largest absolute Gasteiger partial charge is 0.456 e. The maximum atomic E-state index is 6.33. The summed E-state index contributed by atoms with van der Waals surface area (Å²) in [5, 5.41) is 5.78. The van der Waals surface area contributed by atoms with Crippen molar-refractivity contribution in [1.29, 1.82) is 0 Å². The topological polar surface area (TPSA) is 61.7 Å². The third kappa shape index (κ3) is 4.99. The Hall–Kier alpha value is -7.74. The van der Waals surface area contributed by atoms with Crippen LogP contribution in [0, 0.1) is 0 Å². The molecule has 7 heteroatoms. The summed E-state index contributed by atoms with van der Waals surface area (Å²) < 4.78 is 11.2. The summed E-state index contributed by atoms with van der Waals surface area (Å²) in [6.07, 6.45) is 0. The van der Waals surface area contributed by atoms with Crippen molar-refractivity contribution in [3.05, 3.63) is 188 Å². The van der Waals surface area contributed by atoms with Crippen molar-refractivity contribution in [2.75, 3.05) is 0 Å². The van der Waals surface area contributed by atoms with E-state index in [0.717, 1.165) is 66.6 Å². The highest BCUT2D eigenvalue weighted by molar-refractivity contribution is 7.99. The number of furan rings is 1. The number of hydrogen-bond donors (Lipinski definition) is 0. The third-order valence-electron chi connectivity index (χ3n) is 11.8. The zero-order valence-electron chi connectivity index (χ0n) is 32.0. The van der Waals surface area contributed by atoms with Crippen LogP contribution in [0.2, 0.25) is 0 Å². The molecule has 1 aliphatic rings. The minimum Gasteiger partial charge on any atom is -0.456 e. The first kappa shape index (κ1) is 33.3. The van der Waals surface area contributed by atoms with E-state index >= 15 is 0 Å². The summed E-state index contributed by atoms with van der Waals surface area (Å²) in [5.41, 5.74) is 12.3. The first-order valence-corrected chi connectivity index (χ1v) is 20.8. The highest BCUT2D eigenvalue weighted by Gasteiger charge is 2.28. The van der Waals surface area contributed by atoms with Gasteiger partial charge in [0, 0.05) is 59.1 Å². The molecular formula is C53H31N5OS. The van der Waals surface area contributed by atoms with Crippen molar-refractivity contribution in [3.8, 4) is 56.7 Å². The van der Waals surface area contributed by atoms with Crippen LogP contribution < -0.4 is 0 Å². The number of hydrogen-bond acceptors (Lipinski definition) is 5. The van der Waals surface area contributed by atoms with Crippen molar-refractivity contribution in [1.82, 2.24) is 24.1 Å². The SMILES string of the molecule is c1ccc(-c2ccc(-c3nc(-c4ccc5c(c4)oc4ccccc45)nc(-c4ccc5c6c7cccc8c7n(c6n(-c6ccccc6)c5c4)-c4ccccc4S8)n3)cc2)cc1. The summed E-state index contributed by atoms with van der Waals surface area (Å²) in [5.74, 6) is 1.77. The van der Waals surface area contributed by atoms with Crippen LogP contribution in [0.15, 0.2) is 202 Å². The number of rotatable bonds is 5. The van der Waals surface area contributed by atoms with Gasteiger partial charge < -0.3 is 4.42 Å². The van der Waals surface area contributed by atoms with Gasteiger partial charge in [0.05, 0.1) is 16.7 Å². The van der Waals surface area contributed by atoms with Crippen LogP contribution in [0.4, 0.5) is 0 Å². The first-order chi connectivity index (χ1) is 29.7. The highest BCUT2D eigenvalue weighted by atomic mass is 32.2. The van der Waals surface area contributed by atoms with Crippen molar-refractivity contribution >= 4 is 66.5 Å². The van der Waals surface area contributed by atoms with E-state index in [9.17, 15) is 0 Å². The molecule has 0 aliphatic carbocycles. The Morgan fingerprint density at radius 2 is 0.983 bits per heavy atom. The Morgan fingerprint density at radius 3 is 1.80 bits per heavy atom. The van der Waals surface area contributed by atoms with Gasteiger partial charge in [-0.15, -0.1) is 0 Å². The number of benzene rings is 8. The van der Waals surface area contributed by atoms with Crippen molar-refractivity contribution in [3.63, 3.8) is 0 Å². The maximum Gasteiger partial charge on any atom is 0.164 e. The fraction of sp³-hybridized carbons (Fsp3) is 0. The van der Waals surface area contributed by atoms with E-state index < -0.39 is 0 Å². The second-order valence-corrected chi connectivity index (χ2v) is 16.3. The molecule has 0 fully saturated rings. The van der Waals surface area contributed by atoms with Crippen molar-refractivity contribution < 1.29 is 4.42 Å². The molecule has 0 bridgehead atoms. The second-order valence-electron chi connectivity index (χ2n) is 15.2. The van der Waals surface area contributed by atoms with Gasteiger partial charge in [0.25, 0.3) is 0 Å². The predicted octanol–water partition coefficient (Wildman–Crippen LogP) is 13.9. The smallest absolute Gasteiger partial charge is 0.164 e. The van der Waals surface area contributed by atoms with E-state index in [2.05, 4.69) is 167 Å². The quantitative estimate of drug-likeness (QED) is 0.174. The number of nitrogens with zero attached hydrogens (tertiary/aromatic N) is 5. The lowest BCUT2D eigenvalue weighted by atomic mass is 10.0. The van der Waals surface area contributed by atoms with E-state index in [1.807, 2.05) is 42.1 Å². The first-order valence-electron chi connectivity index (χ1n) is 20.0. The molecule has 12 aromatic rings. The van der Waals surface area contributed by atoms with E-state index in [0.29, 0.717) is 17.5 Å². The van der Waals surface area contributed by atoms with Crippen LogP contribution in [0.25, 0.3) is 111 Å². The van der Waals surface area contributed by atoms with Gasteiger partial charge in [-0.1, -0.05) is 145 Å². The van der Waals surface area contributed by atoms with Gasteiger partial charge in [0.1, 0.15) is 16.8 Å². The molecule has 0 N–H and O–H groups in total. The van der Waals surface area contributed by atoms with E-state index in [-0.39, 0.29) is 0 Å². The maximum absolute atomic E-state index is 6.33. The predicted molar refractivity (Wildman–Crippen MR) is 244 cm³/mol. The molecule has 6 nitrogen and oxygen atoms in total. The van der Waals surface area contributed by atoms with Gasteiger partial charge >= 0.3 is 0 Å². The minimum absolute atomic E-state index is 0.578. The molecule has 0 unspecified atom stereocenters. The minimum atomic E-state index is 0.578. The highest BCUT2D eigenvalue weighted by Crippen LogP contribution is 2.49. The molecule has 1 aliphatic heterocycles. The number of fused-ring (bicyclic) bond motifs is 10. The van der Waals surface area contributed by atoms with Gasteiger partial charge in [-0.3, -0.25) is 9.13 Å².